The number of Topliss-reactive ketones (excluding diaryl/α,β-unsaturated/α-hetero) is 1. The highest BCUT2D eigenvalue weighted by Gasteiger charge is 2.29. The van der Waals surface area contributed by atoms with Crippen molar-refractivity contribution in [1.82, 2.24) is 0 Å². The Hall–Kier alpha value is -0.200. The zero-order valence-electron chi connectivity index (χ0n) is 9.22. The van der Waals surface area contributed by atoms with Gasteiger partial charge in [-0.05, 0) is 41.9 Å². The summed E-state index contributed by atoms with van der Waals surface area (Å²) in [6, 6.07) is 4.17. The Kier molecular flexibility index (Phi) is 5.55. The lowest BCUT2D eigenvalue weighted by Gasteiger charge is -2.13. The van der Waals surface area contributed by atoms with Crippen LogP contribution in [0.1, 0.15) is 23.4 Å². The molecule has 1 atom stereocenters. The van der Waals surface area contributed by atoms with Crippen molar-refractivity contribution >= 4 is 45.1 Å². The second-order valence-corrected chi connectivity index (χ2v) is 5.65. The predicted molar refractivity (Wildman–Crippen MR) is 70.3 cm³/mol. The van der Waals surface area contributed by atoms with E-state index in [9.17, 15) is 18.0 Å². The van der Waals surface area contributed by atoms with Crippen LogP contribution in [0, 0.1) is 0 Å². The van der Waals surface area contributed by atoms with Gasteiger partial charge in [0, 0.05) is 10.2 Å². The molecule has 1 nitrogen and oxygen atoms in total. The standard InChI is InChI=1S/C11H9BrClF3OS/c1-6(17)10(13)9-3-2-8(4-7(9)5-12)18-11(14,15)16/h2-4,10H,5H2,1H3. The van der Waals surface area contributed by atoms with E-state index in [4.69, 9.17) is 11.6 Å². The van der Waals surface area contributed by atoms with Gasteiger partial charge in [0.2, 0.25) is 0 Å². The number of ketones is 1. The first-order valence-corrected chi connectivity index (χ1v) is 7.21. The largest absolute Gasteiger partial charge is 0.446 e. The lowest BCUT2D eigenvalue weighted by Crippen LogP contribution is -2.05. The maximum Gasteiger partial charge on any atom is 0.446 e. The Morgan fingerprint density at radius 3 is 2.56 bits per heavy atom. The molecular weight excluding hydrogens is 353 g/mol. The normalized spacial score (nSPS) is 13.4. The molecule has 0 aliphatic carbocycles. The molecule has 0 bridgehead atoms. The molecule has 100 valence electrons. The number of alkyl halides is 5. The number of halogens is 5. The first kappa shape index (κ1) is 15.9. The molecule has 0 aliphatic rings. The summed E-state index contributed by atoms with van der Waals surface area (Å²) < 4.78 is 36.7. The number of carbonyl (C=O) groups excluding carboxylic acids is 1. The fourth-order valence-corrected chi connectivity index (χ4v) is 2.66. The van der Waals surface area contributed by atoms with Crippen molar-refractivity contribution in [3.63, 3.8) is 0 Å². The molecule has 1 unspecified atom stereocenters. The van der Waals surface area contributed by atoms with E-state index in [0.29, 0.717) is 16.5 Å². The molecule has 0 spiro atoms. The van der Waals surface area contributed by atoms with E-state index in [1.807, 2.05) is 0 Å². The minimum absolute atomic E-state index is 0.0770. The molecule has 0 saturated carbocycles. The van der Waals surface area contributed by atoms with Gasteiger partial charge in [-0.15, -0.1) is 11.6 Å². The van der Waals surface area contributed by atoms with Gasteiger partial charge >= 0.3 is 5.51 Å². The third kappa shape index (κ3) is 4.48. The molecule has 0 fully saturated rings. The molecule has 0 N–H and O–H groups in total. The van der Waals surface area contributed by atoms with Gasteiger partial charge in [0.25, 0.3) is 0 Å². The van der Waals surface area contributed by atoms with Crippen LogP contribution in [-0.4, -0.2) is 11.3 Å². The number of hydrogen-bond acceptors (Lipinski definition) is 2. The molecule has 0 amide bonds. The van der Waals surface area contributed by atoms with E-state index in [1.54, 1.807) is 0 Å². The number of thioether (sulfide) groups is 1. The van der Waals surface area contributed by atoms with E-state index in [-0.39, 0.29) is 22.4 Å². The van der Waals surface area contributed by atoms with Gasteiger partial charge in [-0.1, -0.05) is 22.0 Å². The van der Waals surface area contributed by atoms with Crippen LogP contribution in [0.25, 0.3) is 0 Å². The van der Waals surface area contributed by atoms with Crippen molar-refractivity contribution in [2.45, 2.75) is 28.0 Å². The second-order valence-electron chi connectivity index (χ2n) is 3.52. The molecule has 0 radical (unpaired) electrons. The highest BCUT2D eigenvalue weighted by molar-refractivity contribution is 9.08. The Bertz CT molecular complexity index is 450. The van der Waals surface area contributed by atoms with Crippen molar-refractivity contribution in [1.29, 1.82) is 0 Å². The molecule has 0 heterocycles. The maximum absolute atomic E-state index is 12.2. The highest BCUT2D eigenvalue weighted by atomic mass is 79.9. The third-order valence-electron chi connectivity index (χ3n) is 2.12. The van der Waals surface area contributed by atoms with Crippen LogP contribution in [0.5, 0.6) is 0 Å². The Morgan fingerprint density at radius 1 is 1.50 bits per heavy atom. The summed E-state index contributed by atoms with van der Waals surface area (Å²) >= 11 is 8.90. The lowest BCUT2D eigenvalue weighted by atomic mass is 10.0. The van der Waals surface area contributed by atoms with E-state index >= 15 is 0 Å². The molecule has 0 saturated heterocycles. The van der Waals surface area contributed by atoms with Crippen molar-refractivity contribution < 1.29 is 18.0 Å². The summed E-state index contributed by atoms with van der Waals surface area (Å²) in [4.78, 5) is 11.3. The number of benzene rings is 1. The van der Waals surface area contributed by atoms with Crippen LogP contribution in [-0.2, 0) is 10.1 Å². The molecule has 0 aliphatic heterocycles. The van der Waals surface area contributed by atoms with Crippen molar-refractivity contribution in [2.24, 2.45) is 0 Å². The number of rotatable bonds is 4. The van der Waals surface area contributed by atoms with Gasteiger partial charge < -0.3 is 0 Å². The van der Waals surface area contributed by atoms with E-state index in [0.717, 1.165) is 0 Å². The molecule has 7 heteroatoms. The second kappa shape index (κ2) is 6.30. The number of carbonyl (C=O) groups is 1. The van der Waals surface area contributed by atoms with Gasteiger partial charge in [-0.2, -0.15) is 13.2 Å². The first-order chi connectivity index (χ1) is 8.24. The lowest BCUT2D eigenvalue weighted by molar-refractivity contribution is -0.116. The van der Waals surface area contributed by atoms with Crippen LogP contribution >= 0.6 is 39.3 Å². The highest BCUT2D eigenvalue weighted by Crippen LogP contribution is 2.38. The van der Waals surface area contributed by atoms with Crippen LogP contribution in [0.3, 0.4) is 0 Å². The fourth-order valence-electron chi connectivity index (χ4n) is 1.36. The molecule has 1 aromatic carbocycles. The van der Waals surface area contributed by atoms with Gasteiger partial charge in [0.15, 0.2) is 5.78 Å². The summed E-state index contributed by atoms with van der Waals surface area (Å²) in [6.45, 7) is 1.34. The monoisotopic (exact) mass is 360 g/mol. The predicted octanol–water partition coefficient (Wildman–Crippen LogP) is 5.06. The fraction of sp³-hybridized carbons (Fsp3) is 0.364. The molecule has 1 rings (SSSR count). The summed E-state index contributed by atoms with van der Waals surface area (Å²) in [7, 11) is 0. The van der Waals surface area contributed by atoms with Gasteiger partial charge in [0.05, 0.1) is 0 Å². The molecule has 18 heavy (non-hydrogen) atoms. The minimum atomic E-state index is -4.33. The molecular formula is C11H9BrClF3OS. The van der Waals surface area contributed by atoms with Crippen LogP contribution in [0.4, 0.5) is 13.2 Å². The van der Waals surface area contributed by atoms with Gasteiger partial charge in [-0.25, -0.2) is 0 Å². The third-order valence-corrected chi connectivity index (χ3v) is 3.99. The van der Waals surface area contributed by atoms with Crippen molar-refractivity contribution in [3.8, 4) is 0 Å². The van der Waals surface area contributed by atoms with Gasteiger partial charge in [-0.3, -0.25) is 4.79 Å². The summed E-state index contributed by atoms with van der Waals surface area (Å²) in [5.74, 6) is -0.241. The summed E-state index contributed by atoms with van der Waals surface area (Å²) in [5, 5.41) is -0.493. The Balaban J connectivity index is 3.07. The van der Waals surface area contributed by atoms with E-state index < -0.39 is 10.9 Å². The Morgan fingerprint density at radius 2 is 2.11 bits per heavy atom. The quantitative estimate of drug-likeness (QED) is 0.550. The van der Waals surface area contributed by atoms with Crippen LogP contribution < -0.4 is 0 Å². The molecule has 1 aromatic rings. The van der Waals surface area contributed by atoms with Crippen LogP contribution in [0.2, 0.25) is 0 Å². The topological polar surface area (TPSA) is 17.1 Å². The summed E-state index contributed by atoms with van der Waals surface area (Å²) in [6.07, 6.45) is 0. The Labute approximate surface area is 120 Å². The molecule has 0 aromatic heterocycles. The maximum atomic E-state index is 12.2. The summed E-state index contributed by atoms with van der Waals surface area (Å²) in [5.41, 5.74) is -3.21. The smallest absolute Gasteiger partial charge is 0.298 e. The van der Waals surface area contributed by atoms with Crippen molar-refractivity contribution in [2.75, 3.05) is 0 Å². The van der Waals surface area contributed by atoms with Crippen LogP contribution in [0.15, 0.2) is 23.1 Å². The average Bonchev–Trinajstić information content (AvgIpc) is 2.25. The first-order valence-electron chi connectivity index (χ1n) is 4.83. The average molecular weight is 362 g/mol. The van der Waals surface area contributed by atoms with E-state index in [1.165, 1.54) is 25.1 Å². The van der Waals surface area contributed by atoms with Gasteiger partial charge in [0.1, 0.15) is 5.38 Å². The number of hydrogen-bond donors (Lipinski definition) is 0. The van der Waals surface area contributed by atoms with E-state index in [2.05, 4.69) is 15.9 Å². The van der Waals surface area contributed by atoms with Crippen molar-refractivity contribution in [3.05, 3.63) is 29.3 Å². The zero-order chi connectivity index (χ0) is 13.9. The zero-order valence-corrected chi connectivity index (χ0v) is 12.4. The minimum Gasteiger partial charge on any atom is -0.298 e. The SMILES string of the molecule is CC(=O)C(Cl)c1ccc(SC(F)(F)F)cc1CBr.